The molecular formula is C11H19N3S. The lowest BCUT2D eigenvalue weighted by Gasteiger charge is -2.10. The molecule has 3 nitrogen and oxygen atoms in total. The van der Waals surface area contributed by atoms with E-state index in [1.807, 2.05) is 6.20 Å². The lowest BCUT2D eigenvalue weighted by Crippen LogP contribution is -2.24. The van der Waals surface area contributed by atoms with Crippen molar-refractivity contribution in [2.45, 2.75) is 38.1 Å². The average molecular weight is 225 g/mol. The number of thioether (sulfide) groups is 1. The Morgan fingerprint density at radius 1 is 1.67 bits per heavy atom. The predicted octanol–water partition coefficient (Wildman–Crippen LogP) is 1.89. The van der Waals surface area contributed by atoms with Crippen molar-refractivity contribution < 1.29 is 0 Å². The summed E-state index contributed by atoms with van der Waals surface area (Å²) in [7, 11) is 0. The zero-order valence-corrected chi connectivity index (χ0v) is 10.1. The first-order valence-corrected chi connectivity index (χ1v) is 6.78. The molecule has 1 saturated heterocycles. The number of nitrogens with zero attached hydrogens (tertiary/aromatic N) is 2. The minimum Gasteiger partial charge on any atom is -0.310 e. The van der Waals surface area contributed by atoms with Gasteiger partial charge < -0.3 is 5.32 Å². The van der Waals surface area contributed by atoms with E-state index in [0.717, 1.165) is 24.9 Å². The number of aryl methyl sites for hydroxylation is 1. The Morgan fingerprint density at radius 3 is 3.33 bits per heavy atom. The maximum Gasteiger partial charge on any atom is 0.0521 e. The van der Waals surface area contributed by atoms with Gasteiger partial charge in [0.25, 0.3) is 0 Å². The van der Waals surface area contributed by atoms with E-state index < -0.39 is 0 Å². The van der Waals surface area contributed by atoms with Crippen molar-refractivity contribution in [3.05, 3.63) is 18.0 Å². The van der Waals surface area contributed by atoms with Crippen LogP contribution >= 0.6 is 11.8 Å². The normalized spacial score (nSPS) is 21.0. The Bertz CT molecular complexity index is 292. The van der Waals surface area contributed by atoms with Crippen LogP contribution in [0.3, 0.4) is 0 Å². The van der Waals surface area contributed by atoms with Crippen LogP contribution in [0.2, 0.25) is 0 Å². The zero-order valence-electron chi connectivity index (χ0n) is 9.28. The summed E-state index contributed by atoms with van der Waals surface area (Å²) in [6.45, 7) is 5.18. The molecule has 2 rings (SSSR count). The maximum absolute atomic E-state index is 4.26. The van der Waals surface area contributed by atoms with Gasteiger partial charge in [-0.2, -0.15) is 16.9 Å². The van der Waals surface area contributed by atoms with Crippen molar-refractivity contribution in [2.24, 2.45) is 0 Å². The van der Waals surface area contributed by atoms with Gasteiger partial charge in [0.1, 0.15) is 0 Å². The van der Waals surface area contributed by atoms with Gasteiger partial charge in [-0.1, -0.05) is 0 Å². The Labute approximate surface area is 95.6 Å². The van der Waals surface area contributed by atoms with Gasteiger partial charge in [-0.15, -0.1) is 0 Å². The SMILES string of the molecule is CCn1nccc1CNCC1CCCS1. The Morgan fingerprint density at radius 2 is 2.60 bits per heavy atom. The largest absolute Gasteiger partial charge is 0.310 e. The third-order valence-electron chi connectivity index (χ3n) is 2.81. The van der Waals surface area contributed by atoms with Gasteiger partial charge in [-0.25, -0.2) is 0 Å². The highest BCUT2D eigenvalue weighted by atomic mass is 32.2. The first-order valence-electron chi connectivity index (χ1n) is 5.73. The van der Waals surface area contributed by atoms with E-state index >= 15 is 0 Å². The Hall–Kier alpha value is -0.480. The van der Waals surface area contributed by atoms with Crippen molar-refractivity contribution in [1.82, 2.24) is 15.1 Å². The Kier molecular flexibility index (Phi) is 4.09. The molecule has 0 amide bonds. The van der Waals surface area contributed by atoms with Crippen LogP contribution in [0.5, 0.6) is 0 Å². The molecule has 1 atom stereocenters. The van der Waals surface area contributed by atoms with Crippen LogP contribution < -0.4 is 5.32 Å². The molecular weight excluding hydrogens is 206 g/mol. The molecule has 1 unspecified atom stereocenters. The Balaban J connectivity index is 1.73. The van der Waals surface area contributed by atoms with Crippen LogP contribution in [0, 0.1) is 0 Å². The molecule has 0 aromatic carbocycles. The summed E-state index contributed by atoms with van der Waals surface area (Å²) < 4.78 is 2.05. The molecule has 2 heterocycles. The number of nitrogens with one attached hydrogen (secondary N) is 1. The quantitative estimate of drug-likeness (QED) is 0.830. The van der Waals surface area contributed by atoms with Gasteiger partial charge in [0.05, 0.1) is 5.69 Å². The van der Waals surface area contributed by atoms with Crippen LogP contribution in [0.15, 0.2) is 12.3 Å². The van der Waals surface area contributed by atoms with Crippen LogP contribution in [0.4, 0.5) is 0 Å². The van der Waals surface area contributed by atoms with Crippen molar-refractivity contribution in [3.63, 3.8) is 0 Å². The second-order valence-electron chi connectivity index (χ2n) is 3.90. The fraction of sp³-hybridized carbons (Fsp3) is 0.727. The van der Waals surface area contributed by atoms with Crippen molar-refractivity contribution in [1.29, 1.82) is 0 Å². The number of rotatable bonds is 5. The molecule has 4 heteroatoms. The van der Waals surface area contributed by atoms with E-state index in [-0.39, 0.29) is 0 Å². The lowest BCUT2D eigenvalue weighted by atomic mass is 10.2. The predicted molar refractivity (Wildman–Crippen MR) is 65.1 cm³/mol. The number of hydrogen-bond donors (Lipinski definition) is 1. The third kappa shape index (κ3) is 2.98. The summed E-state index contributed by atoms with van der Waals surface area (Å²) in [6, 6.07) is 2.10. The fourth-order valence-corrected chi connectivity index (χ4v) is 3.20. The first kappa shape index (κ1) is 11.0. The van der Waals surface area contributed by atoms with Gasteiger partial charge in [0.15, 0.2) is 0 Å². The van der Waals surface area contributed by atoms with Crippen LogP contribution in [-0.2, 0) is 13.1 Å². The summed E-state index contributed by atoms with van der Waals surface area (Å²) in [4.78, 5) is 0. The molecule has 0 saturated carbocycles. The smallest absolute Gasteiger partial charge is 0.0521 e. The van der Waals surface area contributed by atoms with Gasteiger partial charge >= 0.3 is 0 Å². The average Bonchev–Trinajstić information content (AvgIpc) is 2.88. The van der Waals surface area contributed by atoms with Crippen LogP contribution in [-0.4, -0.2) is 27.3 Å². The van der Waals surface area contributed by atoms with Crippen molar-refractivity contribution >= 4 is 11.8 Å². The number of hydrogen-bond acceptors (Lipinski definition) is 3. The molecule has 15 heavy (non-hydrogen) atoms. The van der Waals surface area contributed by atoms with Gasteiger partial charge in [-0.3, -0.25) is 4.68 Å². The minimum atomic E-state index is 0.836. The minimum absolute atomic E-state index is 0.836. The van der Waals surface area contributed by atoms with E-state index in [2.05, 4.69) is 39.8 Å². The standard InChI is InChI=1S/C11H19N3S/c1-2-14-10(5-6-13-14)8-12-9-11-4-3-7-15-11/h5-6,11-12H,2-4,7-9H2,1H3. The summed E-state index contributed by atoms with van der Waals surface area (Å²) in [5.41, 5.74) is 1.29. The molecule has 0 spiro atoms. The second kappa shape index (κ2) is 5.56. The van der Waals surface area contributed by atoms with Crippen molar-refractivity contribution in [3.8, 4) is 0 Å². The van der Waals surface area contributed by atoms with E-state index in [4.69, 9.17) is 0 Å². The second-order valence-corrected chi connectivity index (χ2v) is 5.31. The molecule has 0 radical (unpaired) electrons. The summed E-state index contributed by atoms with van der Waals surface area (Å²) >= 11 is 2.10. The monoisotopic (exact) mass is 225 g/mol. The highest BCUT2D eigenvalue weighted by molar-refractivity contribution is 8.00. The van der Waals surface area contributed by atoms with Crippen LogP contribution in [0.25, 0.3) is 0 Å². The molecule has 0 bridgehead atoms. The van der Waals surface area contributed by atoms with E-state index in [1.54, 1.807) is 0 Å². The number of aromatic nitrogens is 2. The summed E-state index contributed by atoms with van der Waals surface area (Å²) in [5, 5.41) is 8.62. The molecule has 1 N–H and O–H groups in total. The topological polar surface area (TPSA) is 29.9 Å². The molecule has 1 aliphatic heterocycles. The first-order chi connectivity index (χ1) is 7.40. The van der Waals surface area contributed by atoms with E-state index in [1.165, 1.54) is 24.3 Å². The lowest BCUT2D eigenvalue weighted by molar-refractivity contribution is 0.573. The van der Waals surface area contributed by atoms with E-state index in [9.17, 15) is 0 Å². The third-order valence-corrected chi connectivity index (χ3v) is 4.20. The van der Waals surface area contributed by atoms with Crippen molar-refractivity contribution in [2.75, 3.05) is 12.3 Å². The molecule has 1 aliphatic rings. The van der Waals surface area contributed by atoms with Gasteiger partial charge in [-0.05, 0) is 31.6 Å². The van der Waals surface area contributed by atoms with E-state index in [0.29, 0.717) is 0 Å². The highest BCUT2D eigenvalue weighted by Crippen LogP contribution is 2.25. The van der Waals surface area contributed by atoms with Crippen LogP contribution in [0.1, 0.15) is 25.5 Å². The van der Waals surface area contributed by atoms with Gasteiger partial charge in [0, 0.05) is 31.1 Å². The molecule has 84 valence electrons. The molecule has 1 fully saturated rings. The summed E-state index contributed by atoms with van der Waals surface area (Å²) in [5.74, 6) is 1.35. The molecule has 0 aliphatic carbocycles. The molecule has 1 aromatic heterocycles. The highest BCUT2D eigenvalue weighted by Gasteiger charge is 2.14. The maximum atomic E-state index is 4.26. The summed E-state index contributed by atoms with van der Waals surface area (Å²) in [6.07, 6.45) is 4.65. The zero-order chi connectivity index (χ0) is 10.5. The fourth-order valence-electron chi connectivity index (χ4n) is 1.96. The van der Waals surface area contributed by atoms with Gasteiger partial charge in [0.2, 0.25) is 0 Å². The molecule has 1 aromatic rings.